The van der Waals surface area contributed by atoms with Crippen molar-refractivity contribution in [2.24, 2.45) is 5.92 Å². The molecule has 3 heterocycles. The Balaban J connectivity index is 1.29. The Labute approximate surface area is 265 Å². The number of esters is 1. The first-order chi connectivity index (χ1) is 21.4. The molecule has 12 nitrogen and oxygen atoms in total. The van der Waals surface area contributed by atoms with E-state index in [0.29, 0.717) is 36.7 Å². The van der Waals surface area contributed by atoms with Gasteiger partial charge in [0.05, 0.1) is 43.6 Å². The van der Waals surface area contributed by atoms with E-state index in [9.17, 15) is 34.5 Å². The molecule has 0 bridgehead atoms. The van der Waals surface area contributed by atoms with E-state index in [1.807, 2.05) is 12.1 Å². The summed E-state index contributed by atoms with van der Waals surface area (Å²) in [4.78, 5) is 52.7. The highest BCUT2D eigenvalue weighted by molar-refractivity contribution is 6.31. The van der Waals surface area contributed by atoms with Crippen molar-refractivity contribution < 1.29 is 49.1 Å². The molecule has 3 aliphatic heterocycles. The molecule has 0 radical (unpaired) electrons. The predicted molar refractivity (Wildman–Crippen MR) is 160 cm³/mol. The number of nitrogens with zero attached hydrogens (tertiary/aromatic N) is 2. The van der Waals surface area contributed by atoms with Gasteiger partial charge in [0.2, 0.25) is 5.91 Å². The summed E-state index contributed by atoms with van der Waals surface area (Å²) in [5.74, 6) is -5.23. The number of rotatable bonds is 12. The average Bonchev–Trinajstić information content (AvgIpc) is 3.32. The van der Waals surface area contributed by atoms with Gasteiger partial charge >= 0.3 is 17.9 Å². The maximum Gasteiger partial charge on any atom is 0.336 e. The van der Waals surface area contributed by atoms with E-state index in [1.54, 1.807) is 4.90 Å². The largest absolute Gasteiger partial charge is 0.481 e. The number of ether oxygens (including phenoxy) is 2. The van der Waals surface area contributed by atoms with E-state index in [0.717, 1.165) is 25.9 Å². The highest BCUT2D eigenvalue weighted by Gasteiger charge is 2.44. The van der Waals surface area contributed by atoms with E-state index < -0.39 is 42.3 Å². The highest BCUT2D eigenvalue weighted by Crippen LogP contribution is 2.44. The van der Waals surface area contributed by atoms with Crippen molar-refractivity contribution in [1.82, 2.24) is 9.80 Å². The monoisotopic (exact) mass is 644 g/mol. The molecule has 242 valence electrons. The molecule has 5 rings (SSSR count). The van der Waals surface area contributed by atoms with Crippen molar-refractivity contribution in [2.45, 2.75) is 62.4 Å². The Morgan fingerprint density at radius 3 is 2.44 bits per heavy atom. The molecule has 0 aliphatic carbocycles. The van der Waals surface area contributed by atoms with E-state index in [4.69, 9.17) is 26.2 Å². The third-order valence-electron chi connectivity index (χ3n) is 9.14. The Morgan fingerprint density at radius 2 is 1.80 bits per heavy atom. The molecule has 2 saturated heterocycles. The number of carboxylic acid groups (broad SMARTS) is 2. The molecule has 2 fully saturated rings. The molecule has 2 unspecified atom stereocenters. The number of aliphatic carboxylic acids is 2. The predicted octanol–water partition coefficient (Wildman–Crippen LogP) is 2.20. The third kappa shape index (κ3) is 7.15. The zero-order valence-electron chi connectivity index (χ0n) is 24.7. The number of aliphatic hydroxyl groups excluding tert-OH is 1. The minimum Gasteiger partial charge on any atom is -0.481 e. The molecule has 13 heteroatoms. The summed E-state index contributed by atoms with van der Waals surface area (Å²) in [6.07, 6.45) is 0.214. The SMILES string of the molecule is O=C(O)CC(O)(CC(=O)Oc1ccc(Cl)c(CC(CN2CCC3(CC2)OCc2ccccc23)C(=O)N2CC[C@H]2CO)c1)C(=O)O. The maximum absolute atomic E-state index is 13.8. The fourth-order valence-corrected chi connectivity index (χ4v) is 6.69. The number of carboxylic acids is 2. The van der Waals surface area contributed by atoms with Crippen molar-refractivity contribution in [3.63, 3.8) is 0 Å². The van der Waals surface area contributed by atoms with Crippen molar-refractivity contribution in [1.29, 1.82) is 0 Å². The number of amides is 1. The van der Waals surface area contributed by atoms with Crippen LogP contribution < -0.4 is 4.74 Å². The van der Waals surface area contributed by atoms with Crippen LogP contribution in [0.3, 0.4) is 0 Å². The molecule has 4 N–H and O–H groups in total. The van der Waals surface area contributed by atoms with E-state index >= 15 is 0 Å². The molecule has 3 aliphatic rings. The molecule has 2 aromatic rings. The van der Waals surface area contributed by atoms with Crippen LogP contribution in [0.25, 0.3) is 0 Å². The fourth-order valence-electron chi connectivity index (χ4n) is 6.50. The lowest BCUT2D eigenvalue weighted by atomic mass is 9.83. The Morgan fingerprint density at radius 1 is 1.07 bits per heavy atom. The van der Waals surface area contributed by atoms with E-state index in [-0.39, 0.29) is 36.3 Å². The molecule has 45 heavy (non-hydrogen) atoms. The molecular formula is C32H37ClN2O10. The lowest BCUT2D eigenvalue weighted by Gasteiger charge is -2.44. The number of fused-ring (bicyclic) bond motifs is 2. The van der Waals surface area contributed by atoms with Crippen molar-refractivity contribution in [3.8, 4) is 5.75 Å². The van der Waals surface area contributed by atoms with Gasteiger partial charge in [-0.2, -0.15) is 0 Å². The van der Waals surface area contributed by atoms with Crippen molar-refractivity contribution in [3.05, 3.63) is 64.2 Å². The summed E-state index contributed by atoms with van der Waals surface area (Å²) in [7, 11) is 0. The standard InChI is InChI=1S/C32H37ClN2O10/c33-26-6-5-24(45-28(39)16-31(43,30(41)42)15-27(37)38)14-21(26)13-22(29(40)35-10-7-23(35)18-36)17-34-11-8-32(9-12-34)25-4-2-1-3-20(25)19-44-32/h1-6,14,22-23,36,43H,7-13,15-19H2,(H,37,38)(H,41,42)/t22?,23-,31?/m0/s1. The summed E-state index contributed by atoms with van der Waals surface area (Å²) in [5, 5.41) is 38.5. The molecule has 2 aromatic carbocycles. The van der Waals surface area contributed by atoms with Gasteiger partial charge in [-0.15, -0.1) is 0 Å². The van der Waals surface area contributed by atoms with Gasteiger partial charge in [-0.05, 0) is 60.6 Å². The smallest absolute Gasteiger partial charge is 0.336 e. The number of piperidine rings is 1. The average molecular weight is 645 g/mol. The number of carbonyl (C=O) groups excluding carboxylic acids is 2. The number of hydrogen-bond acceptors (Lipinski definition) is 9. The zero-order chi connectivity index (χ0) is 32.4. The topological polar surface area (TPSA) is 174 Å². The van der Waals surface area contributed by atoms with Crippen molar-refractivity contribution >= 4 is 35.4 Å². The summed E-state index contributed by atoms with van der Waals surface area (Å²) < 4.78 is 11.6. The number of hydrogen-bond donors (Lipinski definition) is 4. The van der Waals surface area contributed by atoms with Gasteiger partial charge in [0, 0.05) is 31.2 Å². The summed E-state index contributed by atoms with van der Waals surface area (Å²) in [5.41, 5.74) is -0.218. The second-order valence-corrected chi connectivity index (χ2v) is 12.5. The quantitative estimate of drug-likeness (QED) is 0.197. The van der Waals surface area contributed by atoms with Gasteiger partial charge in [0.25, 0.3) is 0 Å². The van der Waals surface area contributed by atoms with Crippen molar-refractivity contribution in [2.75, 3.05) is 32.8 Å². The van der Waals surface area contributed by atoms with E-state index in [1.165, 1.54) is 29.3 Å². The molecule has 0 saturated carbocycles. The number of halogens is 1. The van der Waals surface area contributed by atoms with Crippen LogP contribution in [0.5, 0.6) is 5.75 Å². The molecule has 3 atom stereocenters. The highest BCUT2D eigenvalue weighted by atomic mass is 35.5. The van der Waals surface area contributed by atoms with Crippen LogP contribution >= 0.6 is 11.6 Å². The normalized spacial score (nSPS) is 21.0. The van der Waals surface area contributed by atoms with Gasteiger partial charge in [-0.1, -0.05) is 35.9 Å². The zero-order valence-corrected chi connectivity index (χ0v) is 25.4. The molecule has 1 spiro atoms. The second-order valence-electron chi connectivity index (χ2n) is 12.1. The minimum atomic E-state index is -2.84. The molecule has 0 aromatic heterocycles. The van der Waals surface area contributed by atoms with Gasteiger partial charge in [-0.3, -0.25) is 14.4 Å². The minimum absolute atomic E-state index is 0.00260. The Hall–Kier alpha value is -3.55. The third-order valence-corrected chi connectivity index (χ3v) is 9.50. The Kier molecular flexibility index (Phi) is 9.80. The van der Waals surface area contributed by atoms with Gasteiger partial charge in [0.15, 0.2) is 5.60 Å². The number of likely N-dealkylation sites (tertiary alicyclic amines) is 2. The summed E-state index contributed by atoms with van der Waals surface area (Å²) >= 11 is 6.52. The van der Waals surface area contributed by atoms with Crippen LogP contribution in [0.2, 0.25) is 5.02 Å². The molecule has 1 amide bonds. The van der Waals surface area contributed by atoms with Crippen LogP contribution in [0, 0.1) is 5.92 Å². The van der Waals surface area contributed by atoms with Crippen LogP contribution in [-0.2, 0) is 42.5 Å². The van der Waals surface area contributed by atoms with Crippen LogP contribution in [0.1, 0.15) is 48.8 Å². The summed E-state index contributed by atoms with van der Waals surface area (Å²) in [6, 6.07) is 12.4. The van der Waals surface area contributed by atoms with Gasteiger partial charge in [-0.25, -0.2) is 4.79 Å². The number of benzene rings is 2. The number of aliphatic hydroxyl groups is 2. The lowest BCUT2D eigenvalue weighted by molar-refractivity contribution is -0.169. The second kappa shape index (κ2) is 13.4. The van der Waals surface area contributed by atoms with E-state index in [2.05, 4.69) is 17.0 Å². The first-order valence-electron chi connectivity index (χ1n) is 15.0. The first kappa shape index (κ1) is 32.8. The fraction of sp³-hybridized carbons (Fsp3) is 0.500. The van der Waals surface area contributed by atoms with Gasteiger partial charge < -0.3 is 39.7 Å². The van der Waals surface area contributed by atoms with Crippen LogP contribution in [-0.4, -0.2) is 98.5 Å². The molecular weight excluding hydrogens is 608 g/mol. The number of carbonyl (C=O) groups is 4. The lowest BCUT2D eigenvalue weighted by Crippen LogP contribution is -2.56. The van der Waals surface area contributed by atoms with Crippen LogP contribution in [0.15, 0.2) is 42.5 Å². The first-order valence-corrected chi connectivity index (χ1v) is 15.3. The van der Waals surface area contributed by atoms with Crippen LogP contribution in [0.4, 0.5) is 0 Å². The van der Waals surface area contributed by atoms with Gasteiger partial charge in [0.1, 0.15) is 5.75 Å². The maximum atomic E-state index is 13.8. The summed E-state index contributed by atoms with van der Waals surface area (Å²) in [6.45, 7) is 2.88. The Bertz CT molecular complexity index is 1460.